The average molecular weight is 259 g/mol. The Kier molecular flexibility index (Phi) is 5.02. The van der Waals surface area contributed by atoms with E-state index in [0.29, 0.717) is 23.8 Å². The first-order valence-corrected chi connectivity index (χ1v) is 6.16. The van der Waals surface area contributed by atoms with Crippen LogP contribution in [0.4, 0.5) is 0 Å². The number of rotatable bonds is 5. The molecule has 1 N–H and O–H groups in total. The van der Waals surface area contributed by atoms with Gasteiger partial charge in [-0.15, -0.1) is 0 Å². The minimum Gasteiger partial charge on any atom is -0.395 e. The molecule has 0 saturated heterocycles. The molecule has 0 aromatic carbocycles. The van der Waals surface area contributed by atoms with Gasteiger partial charge in [0.25, 0.3) is 5.91 Å². The van der Waals surface area contributed by atoms with Crippen LogP contribution in [0.5, 0.6) is 0 Å². The summed E-state index contributed by atoms with van der Waals surface area (Å²) in [5.74, 6) is -0.0952. The second-order valence-corrected chi connectivity index (χ2v) is 4.59. The van der Waals surface area contributed by atoms with E-state index in [1.807, 2.05) is 25.3 Å². The summed E-state index contributed by atoms with van der Waals surface area (Å²) in [7, 11) is 0. The Hall–Kier alpha value is -1.00. The molecule has 17 heavy (non-hydrogen) atoms. The van der Waals surface area contributed by atoms with E-state index in [0.717, 1.165) is 0 Å². The van der Waals surface area contributed by atoms with Crippen molar-refractivity contribution in [1.29, 1.82) is 0 Å². The van der Waals surface area contributed by atoms with Crippen molar-refractivity contribution in [3.05, 3.63) is 23.0 Å². The molecule has 1 heterocycles. The lowest BCUT2D eigenvalue weighted by atomic mass is 10.3. The summed E-state index contributed by atoms with van der Waals surface area (Å²) < 4.78 is 1.85. The molecule has 0 bridgehead atoms. The zero-order valence-corrected chi connectivity index (χ0v) is 11.2. The number of hydrogen-bond donors (Lipinski definition) is 1. The number of amides is 1. The van der Waals surface area contributed by atoms with Crippen molar-refractivity contribution in [3.8, 4) is 0 Å². The van der Waals surface area contributed by atoms with Crippen LogP contribution in [0.2, 0.25) is 5.02 Å². The summed E-state index contributed by atoms with van der Waals surface area (Å²) in [6, 6.07) is 1.85. The van der Waals surface area contributed by atoms with E-state index in [1.165, 1.54) is 0 Å². The molecule has 1 amide bonds. The highest BCUT2D eigenvalue weighted by Gasteiger charge is 2.19. The van der Waals surface area contributed by atoms with Gasteiger partial charge in [0.2, 0.25) is 0 Å². The van der Waals surface area contributed by atoms with E-state index >= 15 is 0 Å². The maximum absolute atomic E-state index is 12.2. The van der Waals surface area contributed by atoms with Crippen LogP contribution in [0, 0.1) is 0 Å². The fourth-order valence-corrected chi connectivity index (χ4v) is 1.94. The quantitative estimate of drug-likeness (QED) is 0.880. The van der Waals surface area contributed by atoms with E-state index in [9.17, 15) is 4.79 Å². The standard InChI is InChI=1S/C12H19ClN2O2/c1-4-14(5-6-16)12(17)11-7-10(13)8-15(11)9(2)3/h7-9,16H,4-6H2,1-3H3. The third-order valence-corrected chi connectivity index (χ3v) is 2.84. The van der Waals surface area contributed by atoms with Crippen LogP contribution in [0.25, 0.3) is 0 Å². The Morgan fingerprint density at radius 2 is 2.24 bits per heavy atom. The summed E-state index contributed by atoms with van der Waals surface area (Å²) in [6.07, 6.45) is 1.76. The number of halogens is 1. The number of carbonyl (C=O) groups excluding carboxylic acids is 1. The molecule has 96 valence electrons. The summed E-state index contributed by atoms with van der Waals surface area (Å²) in [5.41, 5.74) is 0.570. The van der Waals surface area contributed by atoms with Crippen LogP contribution >= 0.6 is 11.6 Å². The molecule has 0 fully saturated rings. The summed E-state index contributed by atoms with van der Waals surface area (Å²) in [4.78, 5) is 13.8. The average Bonchev–Trinajstić information content (AvgIpc) is 2.67. The second kappa shape index (κ2) is 6.07. The van der Waals surface area contributed by atoms with Crippen molar-refractivity contribution >= 4 is 17.5 Å². The molecule has 1 rings (SSSR count). The van der Waals surface area contributed by atoms with Gasteiger partial charge in [-0.2, -0.15) is 0 Å². The lowest BCUT2D eigenvalue weighted by molar-refractivity contribution is 0.0719. The molecule has 0 spiro atoms. The van der Waals surface area contributed by atoms with Gasteiger partial charge in [-0.05, 0) is 26.8 Å². The SMILES string of the molecule is CCN(CCO)C(=O)c1cc(Cl)cn1C(C)C. The van der Waals surface area contributed by atoms with Crippen molar-refractivity contribution < 1.29 is 9.90 Å². The van der Waals surface area contributed by atoms with Crippen LogP contribution in [0.1, 0.15) is 37.3 Å². The first-order valence-electron chi connectivity index (χ1n) is 5.78. The molecule has 0 aliphatic rings. The molecule has 0 unspecified atom stereocenters. The van der Waals surface area contributed by atoms with Gasteiger partial charge in [-0.3, -0.25) is 4.79 Å². The van der Waals surface area contributed by atoms with E-state index in [1.54, 1.807) is 17.2 Å². The number of likely N-dealkylation sites (N-methyl/N-ethyl adjacent to an activating group) is 1. The van der Waals surface area contributed by atoms with E-state index < -0.39 is 0 Å². The minimum absolute atomic E-state index is 0.0320. The molecule has 0 atom stereocenters. The van der Waals surface area contributed by atoms with Crippen molar-refractivity contribution in [2.75, 3.05) is 19.7 Å². The number of nitrogens with zero attached hydrogens (tertiary/aromatic N) is 2. The van der Waals surface area contributed by atoms with Crippen LogP contribution in [-0.4, -0.2) is 40.2 Å². The van der Waals surface area contributed by atoms with Crippen molar-refractivity contribution in [2.45, 2.75) is 26.8 Å². The number of aliphatic hydroxyl groups excluding tert-OH is 1. The molecule has 0 radical (unpaired) electrons. The van der Waals surface area contributed by atoms with Crippen molar-refractivity contribution in [3.63, 3.8) is 0 Å². The molecule has 0 aliphatic carbocycles. The first kappa shape index (κ1) is 14.1. The van der Waals surface area contributed by atoms with E-state index in [4.69, 9.17) is 16.7 Å². The van der Waals surface area contributed by atoms with Gasteiger partial charge in [-0.25, -0.2) is 0 Å². The van der Waals surface area contributed by atoms with Gasteiger partial charge in [0, 0.05) is 25.3 Å². The fraction of sp³-hybridized carbons (Fsp3) is 0.583. The van der Waals surface area contributed by atoms with Gasteiger partial charge < -0.3 is 14.6 Å². The number of carbonyl (C=O) groups is 1. The Morgan fingerprint density at radius 1 is 1.59 bits per heavy atom. The third-order valence-electron chi connectivity index (χ3n) is 2.63. The molecule has 1 aromatic heterocycles. The Morgan fingerprint density at radius 3 is 2.71 bits per heavy atom. The first-order chi connectivity index (χ1) is 8.01. The summed E-state index contributed by atoms with van der Waals surface area (Å²) in [5, 5.41) is 9.48. The Bertz CT molecular complexity index is 388. The highest BCUT2D eigenvalue weighted by Crippen LogP contribution is 2.20. The molecule has 0 saturated carbocycles. The van der Waals surface area contributed by atoms with Crippen LogP contribution < -0.4 is 0 Å². The highest BCUT2D eigenvalue weighted by molar-refractivity contribution is 6.31. The monoisotopic (exact) mass is 258 g/mol. The lowest BCUT2D eigenvalue weighted by Gasteiger charge is -2.21. The molecule has 1 aromatic rings. The largest absolute Gasteiger partial charge is 0.395 e. The molecule has 4 nitrogen and oxygen atoms in total. The Balaban J connectivity index is 3.01. The van der Waals surface area contributed by atoms with Crippen LogP contribution in [-0.2, 0) is 0 Å². The fourth-order valence-electron chi connectivity index (χ4n) is 1.73. The van der Waals surface area contributed by atoms with Gasteiger partial charge >= 0.3 is 0 Å². The third kappa shape index (κ3) is 3.23. The van der Waals surface area contributed by atoms with Crippen LogP contribution in [0.15, 0.2) is 12.3 Å². The zero-order chi connectivity index (χ0) is 13.0. The van der Waals surface area contributed by atoms with Gasteiger partial charge in [0.1, 0.15) is 5.69 Å². The predicted octanol–water partition coefficient (Wildman–Crippen LogP) is 2.18. The topological polar surface area (TPSA) is 45.5 Å². The van der Waals surface area contributed by atoms with Gasteiger partial charge in [0.05, 0.1) is 11.6 Å². The maximum atomic E-state index is 12.2. The number of aromatic nitrogens is 1. The second-order valence-electron chi connectivity index (χ2n) is 4.15. The molecular weight excluding hydrogens is 240 g/mol. The number of hydrogen-bond acceptors (Lipinski definition) is 2. The van der Waals surface area contributed by atoms with Crippen molar-refractivity contribution in [1.82, 2.24) is 9.47 Å². The summed E-state index contributed by atoms with van der Waals surface area (Å²) in [6.45, 7) is 6.76. The van der Waals surface area contributed by atoms with Crippen molar-refractivity contribution in [2.24, 2.45) is 0 Å². The molecule has 5 heteroatoms. The maximum Gasteiger partial charge on any atom is 0.270 e. The minimum atomic E-state index is -0.0952. The van der Waals surface area contributed by atoms with Gasteiger partial charge in [-0.1, -0.05) is 11.6 Å². The van der Waals surface area contributed by atoms with Gasteiger partial charge in [0.15, 0.2) is 0 Å². The smallest absolute Gasteiger partial charge is 0.270 e. The van der Waals surface area contributed by atoms with Crippen LogP contribution in [0.3, 0.4) is 0 Å². The molecular formula is C12H19ClN2O2. The number of aliphatic hydroxyl groups is 1. The van der Waals surface area contributed by atoms with E-state index in [2.05, 4.69) is 0 Å². The molecule has 0 aliphatic heterocycles. The predicted molar refractivity (Wildman–Crippen MR) is 68.5 cm³/mol. The highest BCUT2D eigenvalue weighted by atomic mass is 35.5. The lowest BCUT2D eigenvalue weighted by Crippen LogP contribution is -2.34. The Labute approximate surface area is 107 Å². The summed E-state index contributed by atoms with van der Waals surface area (Å²) >= 11 is 5.94. The normalized spacial score (nSPS) is 10.9. The zero-order valence-electron chi connectivity index (χ0n) is 10.5. The van der Waals surface area contributed by atoms with E-state index in [-0.39, 0.29) is 18.6 Å².